The minimum atomic E-state index is 0.766. The first kappa shape index (κ1) is 14.8. The minimum Gasteiger partial charge on any atom is -0.470 e. The summed E-state index contributed by atoms with van der Waals surface area (Å²) >= 11 is 0. The lowest BCUT2D eigenvalue weighted by molar-refractivity contribution is 0.336. The quantitative estimate of drug-likeness (QED) is 0.359. The van der Waals surface area contributed by atoms with Crippen molar-refractivity contribution < 1.29 is 4.74 Å². The molecule has 2 N–H and O–H groups in total. The van der Waals surface area contributed by atoms with E-state index in [0.717, 1.165) is 43.0 Å². The fraction of sp³-hybridized carbons (Fsp3) is 0.538. The van der Waals surface area contributed by atoms with Crippen LogP contribution in [0.2, 0.25) is 0 Å². The Kier molecular flexibility index (Phi) is 8.35. The van der Waals surface area contributed by atoms with Crippen LogP contribution in [-0.2, 0) is 4.74 Å². The normalized spacial score (nSPS) is 11.1. The molecule has 16 heavy (non-hydrogen) atoms. The number of nitrogens with one attached hydrogen (secondary N) is 2. The van der Waals surface area contributed by atoms with E-state index in [2.05, 4.69) is 23.8 Å². The highest BCUT2D eigenvalue weighted by atomic mass is 16.5. The molecule has 0 fully saturated rings. The molecule has 0 saturated carbocycles. The van der Waals surface area contributed by atoms with Crippen molar-refractivity contribution in [3.8, 4) is 0 Å². The first-order chi connectivity index (χ1) is 7.61. The molecule has 0 unspecified atom stereocenters. The second-order valence-electron chi connectivity index (χ2n) is 3.67. The highest BCUT2D eigenvalue weighted by molar-refractivity contribution is 5.22. The fourth-order valence-electron chi connectivity index (χ4n) is 0.970. The predicted octanol–water partition coefficient (Wildman–Crippen LogP) is 2.54. The Hall–Kier alpha value is -1.22. The van der Waals surface area contributed by atoms with Gasteiger partial charge in [-0.3, -0.25) is 0 Å². The maximum absolute atomic E-state index is 5.33. The number of hydrogen-bond donors (Lipinski definition) is 2. The maximum atomic E-state index is 5.33. The van der Waals surface area contributed by atoms with Gasteiger partial charge in [-0.05, 0) is 26.9 Å². The van der Waals surface area contributed by atoms with E-state index < -0.39 is 0 Å². The average Bonchev–Trinajstić information content (AvgIpc) is 2.30. The zero-order valence-corrected chi connectivity index (χ0v) is 10.7. The van der Waals surface area contributed by atoms with Crippen LogP contribution in [-0.4, -0.2) is 20.1 Å². The monoisotopic (exact) mass is 224 g/mol. The van der Waals surface area contributed by atoms with Crippen molar-refractivity contribution in [2.24, 2.45) is 0 Å². The summed E-state index contributed by atoms with van der Waals surface area (Å²) in [5.41, 5.74) is 1.90. The second-order valence-corrected chi connectivity index (χ2v) is 3.67. The van der Waals surface area contributed by atoms with Crippen molar-refractivity contribution >= 4 is 0 Å². The fourth-order valence-corrected chi connectivity index (χ4v) is 0.970. The van der Waals surface area contributed by atoms with Crippen molar-refractivity contribution in [3.63, 3.8) is 0 Å². The summed E-state index contributed by atoms with van der Waals surface area (Å²) in [7, 11) is 1.95. The third-order valence-corrected chi connectivity index (χ3v) is 2.21. The summed E-state index contributed by atoms with van der Waals surface area (Å²) in [5.74, 6) is 0.766. The maximum Gasteiger partial charge on any atom is 0.0957 e. The van der Waals surface area contributed by atoms with Crippen LogP contribution in [0.3, 0.4) is 0 Å². The Labute approximate surface area is 99.3 Å². The Morgan fingerprint density at radius 1 is 1.31 bits per heavy atom. The van der Waals surface area contributed by atoms with Crippen molar-refractivity contribution in [2.75, 3.05) is 20.1 Å². The van der Waals surface area contributed by atoms with E-state index in [1.54, 1.807) is 6.26 Å². The van der Waals surface area contributed by atoms with Crippen LogP contribution in [0.25, 0.3) is 0 Å². The van der Waals surface area contributed by atoms with Gasteiger partial charge in [0.25, 0.3) is 0 Å². The molecule has 0 atom stereocenters. The zero-order chi connectivity index (χ0) is 12.4. The van der Waals surface area contributed by atoms with Gasteiger partial charge < -0.3 is 15.4 Å². The number of ether oxygens (including phenoxy) is 1. The van der Waals surface area contributed by atoms with Gasteiger partial charge in [0.05, 0.1) is 12.0 Å². The molecule has 0 radical (unpaired) electrons. The second kappa shape index (κ2) is 9.04. The summed E-state index contributed by atoms with van der Waals surface area (Å²) in [5, 5.41) is 6.34. The number of rotatable bonds is 9. The van der Waals surface area contributed by atoms with Gasteiger partial charge in [-0.25, -0.2) is 0 Å². The van der Waals surface area contributed by atoms with Crippen molar-refractivity contribution in [1.29, 1.82) is 0 Å². The Morgan fingerprint density at radius 2 is 2.00 bits per heavy atom. The van der Waals surface area contributed by atoms with E-state index in [9.17, 15) is 0 Å². The van der Waals surface area contributed by atoms with Crippen LogP contribution >= 0.6 is 0 Å². The third kappa shape index (κ3) is 7.12. The summed E-state index contributed by atoms with van der Waals surface area (Å²) in [6.45, 7) is 13.6. The molecule has 0 saturated heterocycles. The van der Waals surface area contributed by atoms with Crippen LogP contribution in [0.4, 0.5) is 0 Å². The summed E-state index contributed by atoms with van der Waals surface area (Å²) in [6.07, 6.45) is 3.59. The Bertz CT molecular complexity index is 257. The number of allylic oxidation sites excluding steroid dienone is 2. The summed E-state index contributed by atoms with van der Waals surface area (Å²) in [4.78, 5) is 0. The summed E-state index contributed by atoms with van der Waals surface area (Å²) in [6, 6.07) is 0. The van der Waals surface area contributed by atoms with E-state index in [0.29, 0.717) is 0 Å². The summed E-state index contributed by atoms with van der Waals surface area (Å²) < 4.78 is 5.33. The minimum absolute atomic E-state index is 0.766. The van der Waals surface area contributed by atoms with E-state index in [4.69, 9.17) is 4.74 Å². The lowest BCUT2D eigenvalue weighted by atomic mass is 10.2. The molecule has 0 aliphatic heterocycles. The van der Waals surface area contributed by atoms with Gasteiger partial charge in [-0.2, -0.15) is 0 Å². The molecule has 0 aliphatic rings. The van der Waals surface area contributed by atoms with Crippen LogP contribution in [0, 0.1) is 0 Å². The van der Waals surface area contributed by atoms with Gasteiger partial charge in [0.2, 0.25) is 0 Å². The highest BCUT2D eigenvalue weighted by Gasteiger charge is 1.97. The van der Waals surface area contributed by atoms with Gasteiger partial charge in [0, 0.05) is 24.2 Å². The molecule has 0 rings (SSSR count). The molecule has 0 aromatic heterocycles. The molecule has 0 heterocycles. The lowest BCUT2D eigenvalue weighted by Crippen LogP contribution is -2.19. The molecular weight excluding hydrogens is 200 g/mol. The van der Waals surface area contributed by atoms with Gasteiger partial charge in [0.1, 0.15) is 0 Å². The van der Waals surface area contributed by atoms with Gasteiger partial charge in [-0.15, -0.1) is 0 Å². The standard InChI is InChI=1S/C13H24N2O/c1-6-12(3)16-10-11(2)13(4)15-9-7-8-14-5/h10,14-15H,3-4,6-9H2,1-2,5H3/b11-10+. The molecule has 0 aliphatic carbocycles. The first-order valence-corrected chi connectivity index (χ1v) is 5.70. The van der Waals surface area contributed by atoms with Crippen LogP contribution in [0.1, 0.15) is 26.7 Å². The zero-order valence-electron chi connectivity index (χ0n) is 10.7. The smallest absolute Gasteiger partial charge is 0.0957 e. The highest BCUT2D eigenvalue weighted by Crippen LogP contribution is 2.07. The van der Waals surface area contributed by atoms with Crippen molar-refractivity contribution in [3.05, 3.63) is 36.4 Å². The number of hydrogen-bond acceptors (Lipinski definition) is 3. The predicted molar refractivity (Wildman–Crippen MR) is 70.0 cm³/mol. The molecule has 0 aromatic carbocycles. The molecule has 0 spiro atoms. The van der Waals surface area contributed by atoms with Crippen molar-refractivity contribution in [2.45, 2.75) is 26.7 Å². The Balaban J connectivity index is 3.84. The lowest BCUT2D eigenvalue weighted by Gasteiger charge is -2.10. The first-order valence-electron chi connectivity index (χ1n) is 5.70. The molecule has 0 aromatic rings. The molecule has 3 heteroatoms. The van der Waals surface area contributed by atoms with Gasteiger partial charge in [0.15, 0.2) is 0 Å². The third-order valence-electron chi connectivity index (χ3n) is 2.21. The van der Waals surface area contributed by atoms with Gasteiger partial charge in [-0.1, -0.05) is 20.1 Å². The van der Waals surface area contributed by atoms with E-state index in [1.165, 1.54) is 0 Å². The van der Waals surface area contributed by atoms with E-state index >= 15 is 0 Å². The SMILES string of the molecule is C=C(CC)O/C=C(\C)C(=C)NCCCNC. The molecule has 92 valence electrons. The van der Waals surface area contributed by atoms with Crippen molar-refractivity contribution in [1.82, 2.24) is 10.6 Å². The van der Waals surface area contributed by atoms with Crippen LogP contribution < -0.4 is 10.6 Å². The Morgan fingerprint density at radius 3 is 2.56 bits per heavy atom. The van der Waals surface area contributed by atoms with Gasteiger partial charge >= 0.3 is 0 Å². The molecule has 0 bridgehead atoms. The average molecular weight is 224 g/mol. The molecule has 3 nitrogen and oxygen atoms in total. The largest absolute Gasteiger partial charge is 0.470 e. The molecule has 0 amide bonds. The van der Waals surface area contributed by atoms with Crippen LogP contribution in [0.15, 0.2) is 36.4 Å². The van der Waals surface area contributed by atoms with Crippen LogP contribution in [0.5, 0.6) is 0 Å². The van der Waals surface area contributed by atoms with E-state index in [-0.39, 0.29) is 0 Å². The van der Waals surface area contributed by atoms with E-state index in [1.807, 2.05) is 20.9 Å². The topological polar surface area (TPSA) is 33.3 Å². The molecular formula is C13H24N2O.